The summed E-state index contributed by atoms with van der Waals surface area (Å²) in [5, 5.41) is 0. The molecule has 0 bridgehead atoms. The zero-order valence-corrected chi connectivity index (χ0v) is 29.8. The van der Waals surface area contributed by atoms with E-state index in [-0.39, 0.29) is 28.1 Å². The molecule has 12 heteroatoms. The van der Waals surface area contributed by atoms with Crippen molar-refractivity contribution in [3.05, 3.63) is 35.9 Å². The first kappa shape index (κ1) is 32.4. The van der Waals surface area contributed by atoms with Gasteiger partial charge in [0.25, 0.3) is 26.8 Å². The highest BCUT2D eigenvalue weighted by atomic mass is 35.7. The van der Waals surface area contributed by atoms with Crippen molar-refractivity contribution in [3.63, 3.8) is 0 Å². The minimum absolute atomic E-state index is 0.0790. The Balaban J connectivity index is 4.27. The van der Waals surface area contributed by atoms with Gasteiger partial charge in [-0.25, -0.2) is 0 Å². The summed E-state index contributed by atoms with van der Waals surface area (Å²) in [6, 6.07) is 10.3. The van der Waals surface area contributed by atoms with E-state index in [4.69, 9.17) is 88.6 Å². The third kappa shape index (κ3) is 7.25. The SMILES string of the molecule is CC(C(C(C)[Si](C)(Cl)Cl)C(c1ccccc1)(C(C)[Si](C)(Cl)Cl)C(C)[Si](C)(Cl)Cl)[Si](C)(Cl)Cl. The van der Waals surface area contributed by atoms with Gasteiger partial charge in [-0.3, -0.25) is 0 Å². The third-order valence-corrected chi connectivity index (χ3v) is 23.4. The summed E-state index contributed by atoms with van der Waals surface area (Å²) in [6.45, 7) is 5.28. The molecule has 1 aromatic rings. The molecule has 1 rings (SSSR count). The van der Waals surface area contributed by atoms with E-state index in [9.17, 15) is 0 Å². The predicted octanol–water partition coefficient (Wildman–Crippen LogP) is 11.3. The molecule has 0 aromatic heterocycles. The summed E-state index contributed by atoms with van der Waals surface area (Å²) < 4.78 is 0. The summed E-state index contributed by atoms with van der Waals surface area (Å²) >= 11 is 55.8. The molecule has 0 aliphatic carbocycles. The Morgan fingerprint density at radius 1 is 0.562 bits per heavy atom. The van der Waals surface area contributed by atoms with Gasteiger partial charge in [-0.2, -0.15) is 0 Å². The van der Waals surface area contributed by atoms with Gasteiger partial charge in [-0.15, -0.1) is 88.6 Å². The van der Waals surface area contributed by atoms with Crippen molar-refractivity contribution >= 4 is 115 Å². The Labute approximate surface area is 236 Å². The lowest BCUT2D eigenvalue weighted by atomic mass is 9.63. The van der Waals surface area contributed by atoms with Gasteiger partial charge in [0.1, 0.15) is 0 Å². The minimum Gasteiger partial charge on any atom is -0.146 e. The highest BCUT2D eigenvalue weighted by molar-refractivity contribution is 7.47. The number of hydrogen-bond donors (Lipinski definition) is 0. The van der Waals surface area contributed by atoms with Crippen LogP contribution in [0.4, 0.5) is 0 Å². The lowest BCUT2D eigenvalue weighted by molar-refractivity contribution is 0.225. The van der Waals surface area contributed by atoms with Gasteiger partial charge in [0.05, 0.1) is 0 Å². The molecular weight excluding hydrogens is 636 g/mol. The standard InChI is InChI=1S/C20H34Cl8Si4/c1-14(29(5,21)22)19(15(2)30(6,23)24)20(16(3)31(7,25)26,17(4)32(8,27)28)18-12-10-9-11-13-18/h9-17,19H,1-8H3. The van der Waals surface area contributed by atoms with Gasteiger partial charge < -0.3 is 0 Å². The van der Waals surface area contributed by atoms with E-state index < -0.39 is 32.2 Å². The van der Waals surface area contributed by atoms with Gasteiger partial charge in [-0.05, 0) is 59.8 Å². The summed E-state index contributed by atoms with van der Waals surface area (Å²) in [6.07, 6.45) is 0. The Kier molecular flexibility index (Phi) is 11.6. The molecule has 0 nitrogen and oxygen atoms in total. The zero-order chi connectivity index (χ0) is 25.5. The summed E-state index contributed by atoms with van der Waals surface area (Å²) in [4.78, 5) is 0. The average molecular weight is 670 g/mol. The lowest BCUT2D eigenvalue weighted by Crippen LogP contribution is -2.57. The van der Waals surface area contributed by atoms with E-state index in [2.05, 4.69) is 39.8 Å². The molecule has 32 heavy (non-hydrogen) atoms. The summed E-state index contributed by atoms with van der Waals surface area (Å²) in [5.74, 6) is -0.123. The molecule has 4 atom stereocenters. The van der Waals surface area contributed by atoms with Crippen LogP contribution >= 0.6 is 88.6 Å². The second-order valence-electron chi connectivity index (χ2n) is 9.67. The van der Waals surface area contributed by atoms with Crippen LogP contribution in [0.5, 0.6) is 0 Å². The Morgan fingerprint density at radius 3 is 1.12 bits per heavy atom. The highest BCUT2D eigenvalue weighted by Gasteiger charge is 2.64. The summed E-state index contributed by atoms with van der Waals surface area (Å²) in [5.41, 5.74) is 0.0373. The van der Waals surface area contributed by atoms with Crippen molar-refractivity contribution in [2.45, 2.75) is 81.5 Å². The van der Waals surface area contributed by atoms with Gasteiger partial charge in [-0.1, -0.05) is 58.0 Å². The first-order valence-electron chi connectivity index (χ1n) is 10.7. The van der Waals surface area contributed by atoms with E-state index in [0.717, 1.165) is 5.56 Å². The smallest absolute Gasteiger partial charge is 0.146 e. The fraction of sp³-hybridized carbons (Fsp3) is 0.700. The monoisotopic (exact) mass is 666 g/mol. The largest absolute Gasteiger partial charge is 0.252 e. The van der Waals surface area contributed by atoms with Gasteiger partial charge in [0, 0.05) is 5.41 Å². The van der Waals surface area contributed by atoms with E-state index in [1.165, 1.54) is 0 Å². The van der Waals surface area contributed by atoms with Crippen LogP contribution in [0, 0.1) is 5.92 Å². The fourth-order valence-corrected chi connectivity index (χ4v) is 14.5. The Bertz CT molecular complexity index is 697. The van der Waals surface area contributed by atoms with Crippen molar-refractivity contribution in [1.29, 1.82) is 0 Å². The van der Waals surface area contributed by atoms with Crippen LogP contribution in [0.25, 0.3) is 0 Å². The van der Waals surface area contributed by atoms with Crippen LogP contribution in [0.2, 0.25) is 48.4 Å². The first-order chi connectivity index (χ1) is 14.1. The normalized spacial score (nSPS) is 20.8. The molecule has 0 saturated carbocycles. The number of hydrogen-bond acceptors (Lipinski definition) is 0. The molecule has 0 amide bonds. The van der Waals surface area contributed by atoms with Crippen LogP contribution in [-0.2, 0) is 5.41 Å². The third-order valence-electron chi connectivity index (χ3n) is 7.46. The minimum atomic E-state index is -2.79. The molecular formula is C20H34Cl8Si4. The highest BCUT2D eigenvalue weighted by Crippen LogP contribution is 2.67. The van der Waals surface area contributed by atoms with Crippen molar-refractivity contribution in [3.8, 4) is 0 Å². The Hall–Kier alpha value is 2.41. The zero-order valence-electron chi connectivity index (χ0n) is 19.8. The van der Waals surface area contributed by atoms with Crippen molar-refractivity contribution in [1.82, 2.24) is 0 Å². The van der Waals surface area contributed by atoms with E-state index in [1.54, 1.807) is 0 Å². The molecule has 0 fully saturated rings. The molecule has 0 saturated heterocycles. The molecule has 186 valence electrons. The van der Waals surface area contributed by atoms with Crippen molar-refractivity contribution in [2.75, 3.05) is 0 Å². The maximum atomic E-state index is 7.02. The molecule has 0 N–H and O–H groups in total. The number of halogens is 8. The maximum absolute atomic E-state index is 7.02. The predicted molar refractivity (Wildman–Crippen MR) is 163 cm³/mol. The topological polar surface area (TPSA) is 0 Å². The second-order valence-corrected chi connectivity index (χ2v) is 42.0. The van der Waals surface area contributed by atoms with E-state index in [1.807, 2.05) is 44.4 Å². The molecule has 0 heterocycles. The fourth-order valence-electron chi connectivity index (χ4n) is 5.10. The van der Waals surface area contributed by atoms with Gasteiger partial charge in [0.15, 0.2) is 0 Å². The maximum Gasteiger partial charge on any atom is 0.252 e. The number of rotatable bonds is 10. The van der Waals surface area contributed by atoms with E-state index in [0.29, 0.717) is 0 Å². The van der Waals surface area contributed by atoms with Crippen LogP contribution in [-0.4, -0.2) is 26.8 Å². The molecule has 0 aliphatic rings. The van der Waals surface area contributed by atoms with Crippen molar-refractivity contribution in [2.24, 2.45) is 5.92 Å². The molecule has 0 radical (unpaired) electrons. The van der Waals surface area contributed by atoms with E-state index >= 15 is 0 Å². The molecule has 4 unspecified atom stereocenters. The van der Waals surface area contributed by atoms with Crippen LogP contribution in [0.3, 0.4) is 0 Å². The second kappa shape index (κ2) is 11.4. The van der Waals surface area contributed by atoms with Crippen LogP contribution in [0.15, 0.2) is 30.3 Å². The molecule has 0 aliphatic heterocycles. The van der Waals surface area contributed by atoms with Gasteiger partial charge in [0.2, 0.25) is 0 Å². The molecule has 0 spiro atoms. The number of benzene rings is 1. The molecule has 1 aromatic carbocycles. The first-order valence-corrected chi connectivity index (χ1v) is 29.1. The van der Waals surface area contributed by atoms with Gasteiger partial charge >= 0.3 is 0 Å². The average Bonchev–Trinajstić information content (AvgIpc) is 2.61. The van der Waals surface area contributed by atoms with Crippen LogP contribution in [0.1, 0.15) is 33.3 Å². The quantitative estimate of drug-likeness (QED) is 0.172. The summed E-state index contributed by atoms with van der Waals surface area (Å²) in [7, 11) is 0. The van der Waals surface area contributed by atoms with Crippen molar-refractivity contribution < 1.29 is 0 Å². The lowest BCUT2D eigenvalue weighted by Gasteiger charge is -2.58. The Morgan fingerprint density at radius 2 is 0.875 bits per heavy atom. The van der Waals surface area contributed by atoms with Crippen LogP contribution < -0.4 is 0 Å².